The second-order valence-corrected chi connectivity index (χ2v) is 5.56. The van der Waals surface area contributed by atoms with Crippen molar-refractivity contribution in [2.45, 2.75) is 19.1 Å². The molecule has 0 amide bonds. The number of aryl methyl sites for hydroxylation is 1. The van der Waals surface area contributed by atoms with Gasteiger partial charge in [0.2, 0.25) is 5.90 Å². The molecule has 4 heteroatoms. The van der Waals surface area contributed by atoms with Crippen molar-refractivity contribution in [1.82, 2.24) is 0 Å². The lowest BCUT2D eigenvalue weighted by atomic mass is 10.0. The first kappa shape index (κ1) is 15.6. The quantitative estimate of drug-likeness (QED) is 0.848. The molecule has 3 rings (SSSR count). The molecule has 0 aromatic heterocycles. The van der Waals surface area contributed by atoms with Crippen LogP contribution < -0.4 is 4.74 Å². The Morgan fingerprint density at radius 3 is 2.52 bits per heavy atom. The average Bonchev–Trinajstić information content (AvgIpc) is 2.99. The van der Waals surface area contributed by atoms with Crippen LogP contribution in [-0.2, 0) is 9.47 Å². The van der Waals surface area contributed by atoms with E-state index in [-0.39, 0.29) is 12.1 Å². The minimum Gasteiger partial charge on any atom is -0.496 e. The summed E-state index contributed by atoms with van der Waals surface area (Å²) in [5, 5.41) is 0. The largest absolute Gasteiger partial charge is 0.496 e. The molecule has 1 aliphatic rings. The maximum absolute atomic E-state index is 6.19. The lowest BCUT2D eigenvalue weighted by Gasteiger charge is -2.18. The Balaban J connectivity index is 1.96. The van der Waals surface area contributed by atoms with E-state index in [4.69, 9.17) is 19.2 Å². The predicted molar refractivity (Wildman–Crippen MR) is 90.2 cm³/mol. The van der Waals surface area contributed by atoms with Gasteiger partial charge in [-0.2, -0.15) is 0 Å². The highest BCUT2D eigenvalue weighted by atomic mass is 16.5. The summed E-state index contributed by atoms with van der Waals surface area (Å²) in [5.74, 6) is 1.41. The van der Waals surface area contributed by atoms with Gasteiger partial charge < -0.3 is 14.2 Å². The summed E-state index contributed by atoms with van der Waals surface area (Å²) in [4.78, 5) is 4.74. The zero-order chi connectivity index (χ0) is 16.2. The van der Waals surface area contributed by atoms with E-state index in [1.165, 1.54) is 0 Å². The van der Waals surface area contributed by atoms with Crippen LogP contribution >= 0.6 is 0 Å². The first-order valence-electron chi connectivity index (χ1n) is 7.67. The molecule has 2 aromatic rings. The van der Waals surface area contributed by atoms with Gasteiger partial charge in [0.05, 0.1) is 19.3 Å². The van der Waals surface area contributed by atoms with Gasteiger partial charge in [-0.1, -0.05) is 42.5 Å². The number of nitrogens with zero attached hydrogens (tertiary/aromatic N) is 1. The van der Waals surface area contributed by atoms with Crippen molar-refractivity contribution >= 4 is 5.90 Å². The first-order valence-corrected chi connectivity index (χ1v) is 7.67. The maximum Gasteiger partial charge on any atom is 0.221 e. The second kappa shape index (κ2) is 6.84. The van der Waals surface area contributed by atoms with Gasteiger partial charge in [-0.15, -0.1) is 0 Å². The van der Waals surface area contributed by atoms with Crippen LogP contribution in [0.25, 0.3) is 0 Å². The molecular weight excluding hydrogens is 290 g/mol. The topological polar surface area (TPSA) is 40.0 Å². The van der Waals surface area contributed by atoms with Gasteiger partial charge in [0, 0.05) is 7.11 Å². The van der Waals surface area contributed by atoms with Crippen molar-refractivity contribution in [3.05, 3.63) is 65.2 Å². The Kier molecular flexibility index (Phi) is 4.63. The molecule has 0 saturated heterocycles. The molecular formula is C19H21NO3. The molecule has 0 radical (unpaired) electrons. The smallest absolute Gasteiger partial charge is 0.221 e. The Bertz CT molecular complexity index is 697. The van der Waals surface area contributed by atoms with Gasteiger partial charge in [0.15, 0.2) is 6.10 Å². The van der Waals surface area contributed by atoms with Crippen LogP contribution in [0.15, 0.2) is 53.5 Å². The molecule has 23 heavy (non-hydrogen) atoms. The summed E-state index contributed by atoms with van der Waals surface area (Å²) in [5.41, 5.74) is 3.04. The van der Waals surface area contributed by atoms with Crippen LogP contribution in [0.2, 0.25) is 0 Å². The summed E-state index contributed by atoms with van der Waals surface area (Å²) in [6, 6.07) is 16.0. The summed E-state index contributed by atoms with van der Waals surface area (Å²) in [7, 11) is 3.35. The SMILES string of the molecule is COCC1N=C(c2cccc(C)c2OC)OC1c1ccccc1. The van der Waals surface area contributed by atoms with Crippen molar-refractivity contribution in [3.63, 3.8) is 0 Å². The summed E-state index contributed by atoms with van der Waals surface area (Å²) in [6.07, 6.45) is -0.142. The van der Waals surface area contributed by atoms with Crippen LogP contribution in [0.4, 0.5) is 0 Å². The number of ether oxygens (including phenoxy) is 3. The molecule has 2 atom stereocenters. The number of hydrogen-bond donors (Lipinski definition) is 0. The summed E-state index contributed by atoms with van der Waals surface area (Å²) < 4.78 is 17.0. The lowest BCUT2D eigenvalue weighted by Crippen LogP contribution is -2.19. The predicted octanol–water partition coefficient (Wildman–Crippen LogP) is 3.54. The summed E-state index contributed by atoms with van der Waals surface area (Å²) in [6.45, 7) is 2.52. The molecule has 0 saturated carbocycles. The highest BCUT2D eigenvalue weighted by Gasteiger charge is 2.34. The first-order chi connectivity index (χ1) is 11.2. The van der Waals surface area contributed by atoms with Crippen molar-refractivity contribution in [3.8, 4) is 5.75 Å². The van der Waals surface area contributed by atoms with E-state index in [2.05, 4.69) is 12.1 Å². The molecule has 0 bridgehead atoms. The van der Waals surface area contributed by atoms with E-state index < -0.39 is 0 Å². The van der Waals surface area contributed by atoms with Gasteiger partial charge >= 0.3 is 0 Å². The van der Waals surface area contributed by atoms with Crippen molar-refractivity contribution < 1.29 is 14.2 Å². The minimum atomic E-state index is -0.142. The highest BCUT2D eigenvalue weighted by Crippen LogP contribution is 2.34. The average molecular weight is 311 g/mol. The van der Waals surface area contributed by atoms with Crippen molar-refractivity contribution in [2.75, 3.05) is 20.8 Å². The normalized spacial score (nSPS) is 20.0. The van der Waals surface area contributed by atoms with Crippen molar-refractivity contribution in [1.29, 1.82) is 0 Å². The highest BCUT2D eigenvalue weighted by molar-refractivity contribution is 5.98. The Labute approximate surface area is 136 Å². The Morgan fingerprint density at radius 1 is 1.04 bits per heavy atom. The molecule has 0 spiro atoms. The molecule has 4 nitrogen and oxygen atoms in total. The second-order valence-electron chi connectivity index (χ2n) is 5.56. The van der Waals surface area contributed by atoms with E-state index in [0.29, 0.717) is 12.5 Å². The third-order valence-electron chi connectivity index (χ3n) is 3.98. The molecule has 2 unspecified atom stereocenters. The molecule has 0 N–H and O–H groups in total. The van der Waals surface area contributed by atoms with Gasteiger partial charge in [0.25, 0.3) is 0 Å². The molecule has 0 aliphatic carbocycles. The van der Waals surface area contributed by atoms with Crippen LogP contribution in [0.3, 0.4) is 0 Å². The minimum absolute atomic E-state index is 0.0670. The van der Waals surface area contributed by atoms with E-state index in [0.717, 1.165) is 22.4 Å². The van der Waals surface area contributed by atoms with Crippen LogP contribution in [0.1, 0.15) is 22.8 Å². The van der Waals surface area contributed by atoms with Gasteiger partial charge in [0.1, 0.15) is 11.8 Å². The lowest BCUT2D eigenvalue weighted by molar-refractivity contribution is 0.120. The fourth-order valence-corrected chi connectivity index (χ4v) is 2.90. The molecule has 2 aromatic carbocycles. The zero-order valence-corrected chi connectivity index (χ0v) is 13.7. The number of benzene rings is 2. The summed E-state index contributed by atoms with van der Waals surface area (Å²) >= 11 is 0. The van der Waals surface area contributed by atoms with Crippen LogP contribution in [-0.4, -0.2) is 32.8 Å². The third kappa shape index (κ3) is 3.08. The Morgan fingerprint density at radius 2 is 1.83 bits per heavy atom. The van der Waals surface area contributed by atoms with Gasteiger partial charge in [-0.05, 0) is 24.1 Å². The van der Waals surface area contributed by atoms with Gasteiger partial charge in [-0.3, -0.25) is 0 Å². The van der Waals surface area contributed by atoms with Crippen molar-refractivity contribution in [2.24, 2.45) is 4.99 Å². The fraction of sp³-hybridized carbons (Fsp3) is 0.316. The number of para-hydroxylation sites is 1. The standard InChI is InChI=1S/C19H21NO3/c1-13-8-7-11-15(17(13)22-3)19-20-16(12-21-2)18(23-19)14-9-5-4-6-10-14/h4-11,16,18H,12H2,1-3H3. The fourth-order valence-electron chi connectivity index (χ4n) is 2.90. The number of hydrogen-bond acceptors (Lipinski definition) is 4. The van der Waals surface area contributed by atoms with Gasteiger partial charge in [-0.25, -0.2) is 4.99 Å². The van der Waals surface area contributed by atoms with E-state index in [9.17, 15) is 0 Å². The monoisotopic (exact) mass is 311 g/mol. The number of rotatable bonds is 5. The maximum atomic E-state index is 6.19. The number of methoxy groups -OCH3 is 2. The molecule has 1 aliphatic heterocycles. The Hall–Kier alpha value is -2.33. The van der Waals surface area contributed by atoms with Crippen LogP contribution in [0, 0.1) is 6.92 Å². The molecule has 0 fully saturated rings. The van der Waals surface area contributed by atoms with E-state index >= 15 is 0 Å². The van der Waals surface area contributed by atoms with E-state index in [1.807, 2.05) is 43.3 Å². The van der Waals surface area contributed by atoms with E-state index in [1.54, 1.807) is 14.2 Å². The molecule has 1 heterocycles. The zero-order valence-electron chi connectivity index (χ0n) is 13.7. The third-order valence-corrected chi connectivity index (χ3v) is 3.98. The molecule has 120 valence electrons. The number of aliphatic imine (C=N–C) groups is 1. The van der Waals surface area contributed by atoms with Crippen LogP contribution in [0.5, 0.6) is 5.75 Å².